The minimum atomic E-state index is -1.58. The van der Waals surface area contributed by atoms with Crippen LogP contribution >= 0.6 is 0 Å². The van der Waals surface area contributed by atoms with Crippen molar-refractivity contribution in [2.45, 2.75) is 108 Å². The molecule has 7 amide bonds. The molecule has 0 aliphatic carbocycles. The molecule has 4 saturated heterocycles. The van der Waals surface area contributed by atoms with Crippen LogP contribution in [-0.4, -0.2) is 129 Å². The molecule has 4 fully saturated rings. The highest BCUT2D eigenvalue weighted by atomic mass is 16.5. The van der Waals surface area contributed by atoms with Crippen molar-refractivity contribution in [2.75, 3.05) is 25.0 Å². The van der Waals surface area contributed by atoms with Crippen LogP contribution in [0.2, 0.25) is 0 Å². The standard InChI is InChI=1S/C40H51N7O9/c1-23-18-32-39(54)56-25(3)33(44-34(49)29(19-26-12-6-4-7-13-26)43-40(55)42-27-14-8-5-9-15-27)38(53)47-22-28(48)20-31(47)37(52)45-17-11-10-16-30(45)35(50)41-24(2)36(51)46(32)21-23/h4-9,12-15,23-25,28-33,48H,10-11,16-22H2,1-3H3,(H,41,50)(H,44,49)(H2,42,43,55)/t23-,24+,25+,28?,29+,30+,31+,32+,33+/m1/s1. The lowest BCUT2D eigenvalue weighted by molar-refractivity contribution is -0.163. The fourth-order valence-corrected chi connectivity index (χ4v) is 8.13. The van der Waals surface area contributed by atoms with Gasteiger partial charge in [0.05, 0.1) is 6.10 Å². The zero-order valence-corrected chi connectivity index (χ0v) is 31.9. The number of nitrogens with one attached hydrogen (secondary N) is 4. The third kappa shape index (κ3) is 9.12. The van der Waals surface area contributed by atoms with Crippen LogP contribution in [0.15, 0.2) is 60.7 Å². The Morgan fingerprint density at radius 2 is 1.50 bits per heavy atom. The van der Waals surface area contributed by atoms with E-state index in [0.29, 0.717) is 30.5 Å². The first-order valence-corrected chi connectivity index (χ1v) is 19.4. The zero-order chi connectivity index (χ0) is 40.1. The number of aliphatic hydroxyl groups is 1. The van der Waals surface area contributed by atoms with Gasteiger partial charge in [0.2, 0.25) is 29.5 Å². The summed E-state index contributed by atoms with van der Waals surface area (Å²) in [6.07, 6.45) is -0.642. The van der Waals surface area contributed by atoms with Gasteiger partial charge < -0.3 is 45.8 Å². The minimum Gasteiger partial charge on any atom is -0.458 e. The quantitative estimate of drug-likeness (QED) is 0.265. The first-order valence-electron chi connectivity index (χ1n) is 19.4. The number of ether oxygens (including phenoxy) is 1. The summed E-state index contributed by atoms with van der Waals surface area (Å²) < 4.78 is 5.91. The molecule has 0 spiro atoms. The number of hydrogen-bond acceptors (Lipinski definition) is 9. The monoisotopic (exact) mass is 773 g/mol. The number of fused-ring (bicyclic) bond motifs is 3. The number of anilines is 1. The van der Waals surface area contributed by atoms with Gasteiger partial charge in [-0.15, -0.1) is 0 Å². The third-order valence-electron chi connectivity index (χ3n) is 11.0. The molecule has 56 heavy (non-hydrogen) atoms. The Morgan fingerprint density at radius 1 is 0.821 bits per heavy atom. The Kier molecular flexibility index (Phi) is 12.6. The van der Waals surface area contributed by atoms with Gasteiger partial charge in [-0.2, -0.15) is 0 Å². The summed E-state index contributed by atoms with van der Waals surface area (Å²) >= 11 is 0. The van der Waals surface area contributed by atoms with E-state index < -0.39 is 90.0 Å². The first-order chi connectivity index (χ1) is 26.8. The van der Waals surface area contributed by atoms with Crippen LogP contribution in [-0.2, 0) is 39.9 Å². The fourth-order valence-electron chi connectivity index (χ4n) is 8.13. The SMILES string of the molecule is C[C@@H]1C[C@H]2C(=O)O[C@@H](C)[C@H](NC(=O)[C@H](Cc3ccccc3)NC(=O)Nc3ccccc3)C(=O)N3CC(O)C[C@H]3C(=O)N3CCCC[C@H]3C(=O)N[C@@H](C)C(=O)N2C1. The van der Waals surface area contributed by atoms with Crippen molar-refractivity contribution in [1.82, 2.24) is 30.7 Å². The molecule has 6 rings (SSSR count). The number of carbonyl (C=O) groups is 7. The lowest BCUT2D eigenvalue weighted by Crippen LogP contribution is -2.63. The number of benzene rings is 2. The molecule has 4 aliphatic rings. The highest BCUT2D eigenvalue weighted by Crippen LogP contribution is 2.29. The topological polar surface area (TPSA) is 207 Å². The lowest BCUT2D eigenvalue weighted by Gasteiger charge is -2.39. The number of piperidine rings is 1. The maximum Gasteiger partial charge on any atom is 0.329 e. The van der Waals surface area contributed by atoms with Crippen LogP contribution in [0.3, 0.4) is 0 Å². The van der Waals surface area contributed by atoms with E-state index in [1.165, 1.54) is 28.5 Å². The molecule has 16 heteroatoms. The molecule has 2 aromatic carbocycles. The van der Waals surface area contributed by atoms with E-state index in [-0.39, 0.29) is 44.8 Å². The number of amides is 7. The number of nitrogens with zero attached hydrogens (tertiary/aromatic N) is 3. The Balaban J connectivity index is 1.34. The van der Waals surface area contributed by atoms with Crippen molar-refractivity contribution >= 4 is 47.2 Å². The number of rotatable bonds is 6. The van der Waals surface area contributed by atoms with Crippen LogP contribution in [0.4, 0.5) is 10.5 Å². The maximum absolute atomic E-state index is 14.7. The number of esters is 1. The van der Waals surface area contributed by atoms with E-state index in [9.17, 15) is 38.7 Å². The smallest absolute Gasteiger partial charge is 0.329 e. The summed E-state index contributed by atoms with van der Waals surface area (Å²) in [5, 5.41) is 21.7. The molecule has 5 N–H and O–H groups in total. The van der Waals surface area contributed by atoms with Gasteiger partial charge in [0.1, 0.15) is 42.4 Å². The molecule has 4 heterocycles. The number of aliphatic hydroxyl groups excluding tert-OH is 1. The fraction of sp³-hybridized carbons (Fsp3) is 0.525. The average molecular weight is 774 g/mol. The Bertz CT molecular complexity index is 1800. The van der Waals surface area contributed by atoms with Gasteiger partial charge in [-0.1, -0.05) is 55.5 Å². The van der Waals surface area contributed by atoms with E-state index in [0.717, 1.165) is 0 Å². The summed E-state index contributed by atoms with van der Waals surface area (Å²) in [7, 11) is 0. The molecule has 2 aromatic rings. The highest BCUT2D eigenvalue weighted by molar-refractivity contribution is 5.99. The minimum absolute atomic E-state index is 0.0289. The number of cyclic esters (lactones) is 1. The van der Waals surface area contributed by atoms with Crippen LogP contribution in [0.5, 0.6) is 0 Å². The summed E-state index contributed by atoms with van der Waals surface area (Å²) in [5.74, 6) is -4.03. The number of carbonyl (C=O) groups excluding carboxylic acids is 7. The molecule has 300 valence electrons. The predicted octanol–water partition coefficient (Wildman–Crippen LogP) is 0.934. The molecule has 0 aromatic heterocycles. The van der Waals surface area contributed by atoms with Gasteiger partial charge in [0, 0.05) is 38.2 Å². The lowest BCUT2D eigenvalue weighted by atomic mass is 9.98. The van der Waals surface area contributed by atoms with Crippen LogP contribution in [0.1, 0.15) is 58.4 Å². The van der Waals surface area contributed by atoms with E-state index >= 15 is 0 Å². The molecule has 4 aliphatic heterocycles. The molecule has 0 saturated carbocycles. The Labute approximate surface area is 325 Å². The van der Waals surface area contributed by atoms with Crippen LogP contribution in [0, 0.1) is 5.92 Å². The van der Waals surface area contributed by atoms with Crippen LogP contribution in [0.25, 0.3) is 0 Å². The van der Waals surface area contributed by atoms with Gasteiger partial charge >= 0.3 is 12.0 Å². The second-order valence-electron chi connectivity index (χ2n) is 15.4. The van der Waals surface area contributed by atoms with Crippen molar-refractivity contribution in [1.29, 1.82) is 0 Å². The average Bonchev–Trinajstić information content (AvgIpc) is 3.78. The highest BCUT2D eigenvalue weighted by Gasteiger charge is 2.49. The Morgan fingerprint density at radius 3 is 2.21 bits per heavy atom. The van der Waals surface area contributed by atoms with E-state index in [4.69, 9.17) is 4.74 Å². The van der Waals surface area contributed by atoms with Crippen molar-refractivity contribution in [3.05, 3.63) is 66.2 Å². The van der Waals surface area contributed by atoms with E-state index in [1.807, 2.05) is 13.0 Å². The van der Waals surface area contributed by atoms with Gasteiger partial charge in [-0.3, -0.25) is 24.0 Å². The molecule has 1 unspecified atom stereocenters. The van der Waals surface area contributed by atoms with Crippen molar-refractivity contribution in [3.63, 3.8) is 0 Å². The van der Waals surface area contributed by atoms with Gasteiger partial charge in [0.15, 0.2) is 0 Å². The molecular weight excluding hydrogens is 722 g/mol. The second kappa shape index (κ2) is 17.5. The zero-order valence-electron chi connectivity index (χ0n) is 31.9. The second-order valence-corrected chi connectivity index (χ2v) is 15.4. The summed E-state index contributed by atoms with van der Waals surface area (Å²) in [5.41, 5.74) is 1.19. The van der Waals surface area contributed by atoms with E-state index in [2.05, 4.69) is 21.3 Å². The largest absolute Gasteiger partial charge is 0.458 e. The van der Waals surface area contributed by atoms with Crippen molar-refractivity contribution in [2.24, 2.45) is 5.92 Å². The summed E-state index contributed by atoms with van der Waals surface area (Å²) in [6, 6.07) is 9.93. The van der Waals surface area contributed by atoms with Crippen molar-refractivity contribution in [3.8, 4) is 0 Å². The molecule has 0 radical (unpaired) electrons. The molecule has 0 bridgehead atoms. The molecular formula is C40H51N7O9. The Hall–Kier alpha value is -5.51. The van der Waals surface area contributed by atoms with Crippen LogP contribution < -0.4 is 21.3 Å². The van der Waals surface area contributed by atoms with Crippen molar-refractivity contribution < 1.29 is 43.4 Å². The third-order valence-corrected chi connectivity index (χ3v) is 11.0. The van der Waals surface area contributed by atoms with Gasteiger partial charge in [0.25, 0.3) is 0 Å². The molecule has 16 nitrogen and oxygen atoms in total. The number of hydrogen-bond donors (Lipinski definition) is 5. The first kappa shape index (κ1) is 40.2. The number of para-hydroxylation sites is 1. The van der Waals surface area contributed by atoms with Gasteiger partial charge in [-0.05, 0) is 63.1 Å². The normalized spacial score (nSPS) is 29.4. The summed E-state index contributed by atoms with van der Waals surface area (Å²) in [6.45, 7) is 5.05. The van der Waals surface area contributed by atoms with Gasteiger partial charge in [-0.25, -0.2) is 9.59 Å². The summed E-state index contributed by atoms with van der Waals surface area (Å²) in [4.78, 5) is 102. The molecule has 9 atom stereocenters. The maximum atomic E-state index is 14.7. The van der Waals surface area contributed by atoms with E-state index in [1.54, 1.807) is 54.6 Å². The predicted molar refractivity (Wildman–Crippen MR) is 202 cm³/mol. The number of urea groups is 1.